The molecule has 0 radical (unpaired) electrons. The van der Waals surface area contributed by atoms with Crippen molar-refractivity contribution in [2.24, 2.45) is 0 Å². The standard InChI is InChI=1S/C33H32FN5O5S/c1-35-33(41)31-25-17-24(28(38(2)45(3,42)43)18-29(25)44-32(31)21-7-9-23(34)10-8-21)22-5-4-14-39(19-22)30(40)16-20-6-11-26-27(15-20)37-13-12-36-26/h6-13,15,17-18,22H,4-5,14,16,19H2,1-3H3,(H,35,41)/t22-/m0/s1. The highest BCUT2D eigenvalue weighted by atomic mass is 32.2. The van der Waals surface area contributed by atoms with Gasteiger partial charge in [-0.15, -0.1) is 0 Å². The molecule has 10 nitrogen and oxygen atoms in total. The van der Waals surface area contributed by atoms with Crippen molar-refractivity contribution in [3.8, 4) is 11.3 Å². The number of carbonyl (C=O) groups excluding carboxylic acids is 2. The van der Waals surface area contributed by atoms with Crippen LogP contribution in [0.25, 0.3) is 33.3 Å². The lowest BCUT2D eigenvalue weighted by Crippen LogP contribution is -2.40. The average Bonchev–Trinajstić information content (AvgIpc) is 3.41. The number of aromatic nitrogens is 2. The van der Waals surface area contributed by atoms with Crippen molar-refractivity contribution >= 4 is 49.5 Å². The van der Waals surface area contributed by atoms with Gasteiger partial charge in [-0.05, 0) is 66.4 Å². The van der Waals surface area contributed by atoms with Gasteiger partial charge in [0.2, 0.25) is 15.9 Å². The summed E-state index contributed by atoms with van der Waals surface area (Å²) in [5.41, 5.74) is 4.46. The van der Waals surface area contributed by atoms with E-state index in [1.165, 1.54) is 42.7 Å². The second-order valence-electron chi connectivity index (χ2n) is 11.3. The Hall–Kier alpha value is -4.84. The molecule has 0 bridgehead atoms. The van der Waals surface area contributed by atoms with Gasteiger partial charge in [-0.2, -0.15) is 0 Å². The summed E-state index contributed by atoms with van der Waals surface area (Å²) in [6, 6.07) is 14.6. The van der Waals surface area contributed by atoms with Crippen molar-refractivity contribution < 1.29 is 26.8 Å². The number of fused-ring (bicyclic) bond motifs is 2. The molecule has 0 saturated carbocycles. The molecule has 0 aliphatic carbocycles. The van der Waals surface area contributed by atoms with Crippen molar-refractivity contribution in [2.45, 2.75) is 25.2 Å². The van der Waals surface area contributed by atoms with E-state index in [1.807, 2.05) is 23.1 Å². The zero-order chi connectivity index (χ0) is 31.9. The van der Waals surface area contributed by atoms with E-state index in [0.29, 0.717) is 59.2 Å². The SMILES string of the molecule is CNC(=O)c1c(-c2ccc(F)cc2)oc2cc(N(C)S(C)(=O)=O)c([C@H]3CCCN(C(=O)Cc4ccc5nccnc5c4)C3)cc12. The van der Waals surface area contributed by atoms with Crippen LogP contribution in [-0.2, 0) is 21.2 Å². The van der Waals surface area contributed by atoms with Crippen LogP contribution in [0, 0.1) is 5.82 Å². The number of sulfonamides is 1. The van der Waals surface area contributed by atoms with E-state index < -0.39 is 21.7 Å². The fourth-order valence-corrected chi connectivity index (χ4v) is 6.46. The first-order valence-electron chi connectivity index (χ1n) is 14.5. The van der Waals surface area contributed by atoms with Crippen LogP contribution in [0.4, 0.5) is 10.1 Å². The van der Waals surface area contributed by atoms with E-state index in [2.05, 4.69) is 15.3 Å². The second-order valence-corrected chi connectivity index (χ2v) is 13.3. The third-order valence-corrected chi connectivity index (χ3v) is 9.53. The van der Waals surface area contributed by atoms with Gasteiger partial charge in [0, 0.05) is 62.5 Å². The van der Waals surface area contributed by atoms with Crippen LogP contribution in [0.1, 0.15) is 40.2 Å². The molecule has 1 saturated heterocycles. The van der Waals surface area contributed by atoms with E-state index in [4.69, 9.17) is 4.42 Å². The summed E-state index contributed by atoms with van der Waals surface area (Å²) in [5.74, 6) is -0.842. The zero-order valence-corrected chi connectivity index (χ0v) is 25.9. The van der Waals surface area contributed by atoms with Gasteiger partial charge in [-0.25, -0.2) is 12.8 Å². The predicted molar refractivity (Wildman–Crippen MR) is 170 cm³/mol. The van der Waals surface area contributed by atoms with Crippen molar-refractivity contribution in [2.75, 3.05) is 37.7 Å². The first-order chi connectivity index (χ1) is 21.5. The summed E-state index contributed by atoms with van der Waals surface area (Å²) in [4.78, 5) is 37.2. The predicted octanol–water partition coefficient (Wildman–Crippen LogP) is 4.89. The van der Waals surface area contributed by atoms with Gasteiger partial charge in [-0.3, -0.25) is 23.9 Å². The van der Waals surface area contributed by atoms with Crippen LogP contribution in [-0.4, -0.2) is 68.5 Å². The number of anilines is 1. The molecule has 1 N–H and O–H groups in total. The number of amides is 2. The van der Waals surface area contributed by atoms with Gasteiger partial charge in [-0.1, -0.05) is 6.07 Å². The number of halogens is 1. The first kappa shape index (κ1) is 30.2. The van der Waals surface area contributed by atoms with E-state index in [1.54, 1.807) is 24.5 Å². The molecule has 2 aromatic heterocycles. The quantitative estimate of drug-likeness (QED) is 0.272. The van der Waals surface area contributed by atoms with Crippen LogP contribution < -0.4 is 9.62 Å². The van der Waals surface area contributed by atoms with Crippen LogP contribution >= 0.6 is 0 Å². The molecule has 6 rings (SSSR count). The van der Waals surface area contributed by atoms with Crippen LogP contribution in [0.2, 0.25) is 0 Å². The van der Waals surface area contributed by atoms with E-state index in [0.717, 1.165) is 17.3 Å². The van der Waals surface area contributed by atoms with Gasteiger partial charge >= 0.3 is 0 Å². The molecule has 232 valence electrons. The number of hydrogen-bond donors (Lipinski definition) is 1. The first-order valence-corrected chi connectivity index (χ1v) is 16.4. The summed E-state index contributed by atoms with van der Waals surface area (Å²) in [5, 5.41) is 3.15. The zero-order valence-electron chi connectivity index (χ0n) is 25.1. The van der Waals surface area contributed by atoms with Crippen molar-refractivity contribution in [1.82, 2.24) is 20.2 Å². The smallest absolute Gasteiger partial charge is 0.255 e. The van der Waals surface area contributed by atoms with Gasteiger partial charge < -0.3 is 14.6 Å². The molecule has 2 amide bonds. The van der Waals surface area contributed by atoms with Crippen LogP contribution in [0.5, 0.6) is 0 Å². The summed E-state index contributed by atoms with van der Waals surface area (Å²) in [6.45, 7) is 0.951. The van der Waals surface area contributed by atoms with Crippen LogP contribution in [0.15, 0.2) is 71.4 Å². The normalized spacial score (nSPS) is 15.4. The Morgan fingerprint density at radius 1 is 1.07 bits per heavy atom. The number of nitrogens with zero attached hydrogens (tertiary/aromatic N) is 4. The van der Waals surface area contributed by atoms with E-state index >= 15 is 0 Å². The highest BCUT2D eigenvalue weighted by Crippen LogP contribution is 2.42. The summed E-state index contributed by atoms with van der Waals surface area (Å²) in [7, 11) is -0.697. The fourth-order valence-electron chi connectivity index (χ4n) is 5.94. The molecule has 45 heavy (non-hydrogen) atoms. The Bertz CT molecular complexity index is 2040. The molecule has 1 atom stereocenters. The van der Waals surface area contributed by atoms with Crippen molar-refractivity contribution in [3.63, 3.8) is 0 Å². The maximum atomic E-state index is 13.7. The monoisotopic (exact) mass is 629 g/mol. The van der Waals surface area contributed by atoms with Crippen molar-refractivity contribution in [3.05, 3.63) is 89.5 Å². The number of rotatable bonds is 7. The minimum Gasteiger partial charge on any atom is -0.455 e. The Morgan fingerprint density at radius 2 is 1.80 bits per heavy atom. The van der Waals surface area contributed by atoms with Gasteiger partial charge in [0.25, 0.3) is 5.91 Å². The Labute approximate surface area is 259 Å². The maximum absolute atomic E-state index is 13.7. The number of carbonyl (C=O) groups is 2. The lowest BCUT2D eigenvalue weighted by atomic mass is 9.87. The number of piperidine rings is 1. The number of nitrogens with one attached hydrogen (secondary N) is 1. The molecule has 12 heteroatoms. The summed E-state index contributed by atoms with van der Waals surface area (Å²) in [6.07, 6.45) is 5.98. The Morgan fingerprint density at radius 3 is 2.51 bits per heavy atom. The molecule has 3 aromatic carbocycles. The largest absolute Gasteiger partial charge is 0.455 e. The Kier molecular flexibility index (Phi) is 8.00. The minimum atomic E-state index is -3.68. The van der Waals surface area contributed by atoms with Gasteiger partial charge in [0.05, 0.1) is 35.0 Å². The molecule has 0 unspecified atom stereocenters. The third-order valence-electron chi connectivity index (χ3n) is 8.34. The lowest BCUT2D eigenvalue weighted by molar-refractivity contribution is -0.131. The molecule has 1 aliphatic rings. The van der Waals surface area contributed by atoms with Gasteiger partial charge in [0.15, 0.2) is 0 Å². The molecule has 1 aliphatic heterocycles. The number of furan rings is 1. The van der Waals surface area contributed by atoms with Crippen LogP contribution in [0.3, 0.4) is 0 Å². The molecule has 3 heterocycles. The van der Waals surface area contributed by atoms with Gasteiger partial charge in [0.1, 0.15) is 17.2 Å². The highest BCUT2D eigenvalue weighted by molar-refractivity contribution is 7.92. The molecular weight excluding hydrogens is 597 g/mol. The van der Waals surface area contributed by atoms with Crippen molar-refractivity contribution in [1.29, 1.82) is 0 Å². The van der Waals surface area contributed by atoms with E-state index in [9.17, 15) is 22.4 Å². The topological polar surface area (TPSA) is 126 Å². The second kappa shape index (κ2) is 11.9. The number of hydrogen-bond acceptors (Lipinski definition) is 7. The van der Waals surface area contributed by atoms with E-state index in [-0.39, 0.29) is 29.6 Å². The minimum absolute atomic E-state index is 0.0463. The number of likely N-dealkylation sites (tertiary alicyclic amines) is 1. The number of benzene rings is 3. The maximum Gasteiger partial charge on any atom is 0.255 e. The third kappa shape index (κ3) is 5.97. The molecule has 0 spiro atoms. The summed E-state index contributed by atoms with van der Waals surface area (Å²) < 4.78 is 46.6. The molecule has 5 aromatic rings. The lowest BCUT2D eigenvalue weighted by Gasteiger charge is -2.35. The average molecular weight is 630 g/mol. The summed E-state index contributed by atoms with van der Waals surface area (Å²) >= 11 is 0. The molecular formula is C33H32FN5O5S. The fraction of sp³-hybridized carbons (Fsp3) is 0.273. The molecule has 1 fully saturated rings. The Balaban J connectivity index is 1.40. The highest BCUT2D eigenvalue weighted by Gasteiger charge is 2.31.